The van der Waals surface area contributed by atoms with Crippen molar-refractivity contribution >= 4 is 11.0 Å². The first-order chi connectivity index (χ1) is 10.2. The van der Waals surface area contributed by atoms with Gasteiger partial charge in [0.15, 0.2) is 11.9 Å². The van der Waals surface area contributed by atoms with Gasteiger partial charge in [0.1, 0.15) is 18.2 Å². The van der Waals surface area contributed by atoms with Crippen LogP contribution in [0.1, 0.15) is 12.7 Å². The second-order valence-electron chi connectivity index (χ2n) is 4.59. The van der Waals surface area contributed by atoms with Gasteiger partial charge in [-0.1, -0.05) is 0 Å². The number of fused-ring (bicyclic) bond motifs is 1. The second kappa shape index (κ2) is 5.40. The zero-order valence-corrected chi connectivity index (χ0v) is 11.5. The van der Waals surface area contributed by atoms with E-state index < -0.39 is 0 Å². The van der Waals surface area contributed by atoms with Gasteiger partial charge in [-0.25, -0.2) is 9.37 Å². The Morgan fingerprint density at radius 3 is 3.00 bits per heavy atom. The second-order valence-corrected chi connectivity index (χ2v) is 4.59. The molecule has 0 fully saturated rings. The third-order valence-corrected chi connectivity index (χ3v) is 3.22. The molecular formula is C15H14FN3O2. The molecule has 5 nitrogen and oxygen atoms in total. The molecule has 0 aliphatic heterocycles. The molecule has 1 aromatic carbocycles. The minimum Gasteiger partial charge on any atom is -0.619 e. The van der Waals surface area contributed by atoms with Gasteiger partial charge < -0.3 is 14.5 Å². The zero-order valence-electron chi connectivity index (χ0n) is 11.5. The number of rotatable bonds is 4. The number of hydrogen-bond acceptors (Lipinski definition) is 3. The molecule has 3 aromatic rings. The summed E-state index contributed by atoms with van der Waals surface area (Å²) >= 11 is 0. The molecule has 0 radical (unpaired) electrons. The molecule has 0 amide bonds. The van der Waals surface area contributed by atoms with E-state index in [-0.39, 0.29) is 12.4 Å². The molecule has 6 heteroatoms. The van der Waals surface area contributed by atoms with Gasteiger partial charge in [0.25, 0.3) is 0 Å². The number of pyridine rings is 1. The quantitative estimate of drug-likeness (QED) is 0.547. The minimum atomic E-state index is -0.314. The molecule has 0 aliphatic carbocycles. The highest BCUT2D eigenvalue weighted by molar-refractivity contribution is 5.76. The Labute approximate surface area is 120 Å². The summed E-state index contributed by atoms with van der Waals surface area (Å²) < 4.78 is 21.5. The lowest BCUT2D eigenvalue weighted by atomic mass is 10.3. The molecule has 0 N–H and O–H groups in total. The van der Waals surface area contributed by atoms with Gasteiger partial charge in [-0.15, -0.1) is 0 Å². The van der Waals surface area contributed by atoms with Crippen molar-refractivity contribution in [1.82, 2.24) is 9.55 Å². The number of ether oxygens (including phenoxy) is 1. The number of nitrogens with zero attached hydrogens (tertiary/aromatic N) is 3. The molecule has 2 aromatic heterocycles. The molecule has 21 heavy (non-hydrogen) atoms. The fourth-order valence-corrected chi connectivity index (χ4v) is 2.28. The van der Waals surface area contributed by atoms with E-state index >= 15 is 0 Å². The minimum absolute atomic E-state index is 0.216. The lowest BCUT2D eigenvalue weighted by Crippen LogP contribution is -2.24. The maximum atomic E-state index is 13.3. The van der Waals surface area contributed by atoms with Gasteiger partial charge >= 0.3 is 0 Å². The van der Waals surface area contributed by atoms with Crippen molar-refractivity contribution in [2.45, 2.75) is 20.1 Å². The van der Waals surface area contributed by atoms with E-state index in [0.29, 0.717) is 28.4 Å². The van der Waals surface area contributed by atoms with Gasteiger partial charge in [-0.3, -0.25) is 0 Å². The standard InChI is InChI=1S/C15H14FN3O2/c1-2-19-14-6-5-11(16)8-13(14)17-15(19)10-21-12-4-3-7-18(20)9-12/h3-9H,2,10H2,1H3. The van der Waals surface area contributed by atoms with Gasteiger partial charge in [0.05, 0.1) is 11.0 Å². The van der Waals surface area contributed by atoms with E-state index in [1.165, 1.54) is 24.5 Å². The van der Waals surface area contributed by atoms with Crippen LogP contribution in [0.3, 0.4) is 0 Å². The van der Waals surface area contributed by atoms with Crippen LogP contribution in [0.4, 0.5) is 4.39 Å². The Kier molecular flexibility index (Phi) is 3.43. The van der Waals surface area contributed by atoms with Gasteiger partial charge in [0.2, 0.25) is 6.20 Å². The highest BCUT2D eigenvalue weighted by atomic mass is 19.1. The molecule has 0 saturated heterocycles. The normalized spacial score (nSPS) is 11.0. The topological polar surface area (TPSA) is 54.0 Å². The van der Waals surface area contributed by atoms with Crippen LogP contribution in [-0.2, 0) is 13.2 Å². The SMILES string of the molecule is CCn1c(COc2ccc[n+]([O-])c2)nc2cc(F)ccc21. The van der Waals surface area contributed by atoms with Crippen LogP contribution in [0.5, 0.6) is 5.75 Å². The Morgan fingerprint density at radius 2 is 2.24 bits per heavy atom. The van der Waals surface area contributed by atoms with E-state index in [4.69, 9.17) is 4.74 Å². The van der Waals surface area contributed by atoms with Crippen molar-refractivity contribution in [3.05, 3.63) is 59.6 Å². The van der Waals surface area contributed by atoms with Crippen LogP contribution in [-0.4, -0.2) is 9.55 Å². The first-order valence-corrected chi connectivity index (χ1v) is 6.63. The summed E-state index contributed by atoms with van der Waals surface area (Å²) in [7, 11) is 0. The van der Waals surface area contributed by atoms with Crippen molar-refractivity contribution in [3.63, 3.8) is 0 Å². The van der Waals surface area contributed by atoms with E-state index in [0.717, 1.165) is 5.52 Å². The molecule has 0 aliphatic rings. The van der Waals surface area contributed by atoms with E-state index in [9.17, 15) is 9.60 Å². The average Bonchev–Trinajstić information content (AvgIpc) is 2.81. The van der Waals surface area contributed by atoms with E-state index in [1.807, 2.05) is 11.5 Å². The molecule has 108 valence electrons. The van der Waals surface area contributed by atoms with Crippen LogP contribution in [0.25, 0.3) is 11.0 Å². The number of aromatic nitrogens is 3. The van der Waals surface area contributed by atoms with Crippen LogP contribution in [0.15, 0.2) is 42.7 Å². The monoisotopic (exact) mass is 287 g/mol. The Hall–Kier alpha value is -2.63. The van der Waals surface area contributed by atoms with Gasteiger partial charge in [-0.05, 0) is 25.1 Å². The first kappa shape index (κ1) is 13.4. The lowest BCUT2D eigenvalue weighted by Gasteiger charge is -2.07. The number of benzene rings is 1. The molecule has 3 rings (SSSR count). The molecule has 0 atom stereocenters. The average molecular weight is 287 g/mol. The van der Waals surface area contributed by atoms with Gasteiger partial charge in [-0.2, -0.15) is 4.73 Å². The van der Waals surface area contributed by atoms with E-state index in [1.54, 1.807) is 18.2 Å². The molecular weight excluding hydrogens is 273 g/mol. The van der Waals surface area contributed by atoms with Gasteiger partial charge in [0, 0.05) is 18.7 Å². The number of imidazole rings is 1. The maximum absolute atomic E-state index is 13.3. The predicted molar refractivity (Wildman–Crippen MR) is 75.1 cm³/mol. The van der Waals surface area contributed by atoms with Crippen LogP contribution in [0, 0.1) is 11.0 Å². The summed E-state index contributed by atoms with van der Waals surface area (Å²) in [6.45, 7) is 2.91. The smallest absolute Gasteiger partial charge is 0.222 e. The van der Waals surface area contributed by atoms with Crippen LogP contribution < -0.4 is 9.47 Å². The third-order valence-electron chi connectivity index (χ3n) is 3.22. The molecule has 0 unspecified atom stereocenters. The summed E-state index contributed by atoms with van der Waals surface area (Å²) in [5.41, 5.74) is 1.46. The molecule has 0 spiro atoms. The third kappa shape index (κ3) is 2.65. The number of aryl methyl sites for hydroxylation is 1. The van der Waals surface area contributed by atoms with Crippen LogP contribution in [0.2, 0.25) is 0 Å². The van der Waals surface area contributed by atoms with Crippen molar-refractivity contribution < 1.29 is 13.9 Å². The highest BCUT2D eigenvalue weighted by Crippen LogP contribution is 2.19. The lowest BCUT2D eigenvalue weighted by molar-refractivity contribution is -0.605. The summed E-state index contributed by atoms with van der Waals surface area (Å²) in [5, 5.41) is 11.2. The fourth-order valence-electron chi connectivity index (χ4n) is 2.28. The summed E-state index contributed by atoms with van der Waals surface area (Å²) in [6.07, 6.45) is 2.73. The number of halogens is 1. The Bertz CT molecular complexity index is 786. The fraction of sp³-hybridized carbons (Fsp3) is 0.200. The Balaban J connectivity index is 1.89. The summed E-state index contributed by atoms with van der Waals surface area (Å²) in [4.78, 5) is 4.39. The maximum Gasteiger partial charge on any atom is 0.222 e. The molecule has 0 bridgehead atoms. The first-order valence-electron chi connectivity index (χ1n) is 6.63. The van der Waals surface area contributed by atoms with Crippen molar-refractivity contribution in [1.29, 1.82) is 0 Å². The number of hydrogen-bond donors (Lipinski definition) is 0. The van der Waals surface area contributed by atoms with Crippen molar-refractivity contribution in [3.8, 4) is 5.75 Å². The van der Waals surface area contributed by atoms with Crippen LogP contribution >= 0.6 is 0 Å². The molecule has 0 saturated carbocycles. The largest absolute Gasteiger partial charge is 0.619 e. The predicted octanol–water partition coefficient (Wildman–Crippen LogP) is 2.41. The zero-order chi connectivity index (χ0) is 14.8. The highest BCUT2D eigenvalue weighted by Gasteiger charge is 2.11. The summed E-state index contributed by atoms with van der Waals surface area (Å²) in [5.74, 6) is 0.846. The Morgan fingerprint density at radius 1 is 1.38 bits per heavy atom. The van der Waals surface area contributed by atoms with E-state index in [2.05, 4.69) is 4.98 Å². The van der Waals surface area contributed by atoms with Crippen molar-refractivity contribution in [2.75, 3.05) is 0 Å². The van der Waals surface area contributed by atoms with Crippen molar-refractivity contribution in [2.24, 2.45) is 0 Å². The summed E-state index contributed by atoms with van der Waals surface area (Å²) in [6, 6.07) is 7.84. The molecule has 2 heterocycles.